The second-order valence-corrected chi connectivity index (χ2v) is 3.84. The lowest BCUT2D eigenvalue weighted by Gasteiger charge is -1.97. The minimum Gasteiger partial charge on any atom is -0.396 e. The summed E-state index contributed by atoms with van der Waals surface area (Å²) >= 11 is 0. The molecule has 88 valence electrons. The van der Waals surface area contributed by atoms with Gasteiger partial charge in [0.05, 0.1) is 0 Å². The fourth-order valence-corrected chi connectivity index (χ4v) is 1.07. The first-order valence-corrected chi connectivity index (χ1v) is 6.44. The Kier molecular flexibility index (Phi) is 21.9. The highest BCUT2D eigenvalue weighted by atomic mass is 16.2. The molecule has 1 heteroatoms. The Labute approximate surface area is 90.9 Å². The third-order valence-electron chi connectivity index (χ3n) is 2.26. The summed E-state index contributed by atoms with van der Waals surface area (Å²) in [4.78, 5) is 0. The molecule has 0 aromatic rings. The van der Waals surface area contributed by atoms with E-state index in [1.54, 1.807) is 0 Å². The lowest BCUT2D eigenvalue weighted by atomic mass is 10.1. The van der Waals surface area contributed by atoms with Crippen LogP contribution >= 0.6 is 0 Å². The molecule has 1 nitrogen and oxygen atoms in total. The SMILES string of the molecule is CCCC.CCCCCCCCCO. The van der Waals surface area contributed by atoms with Gasteiger partial charge in [-0.15, -0.1) is 0 Å². The molecule has 0 fully saturated rings. The van der Waals surface area contributed by atoms with E-state index in [0.29, 0.717) is 6.61 Å². The van der Waals surface area contributed by atoms with Gasteiger partial charge < -0.3 is 5.11 Å². The Hall–Kier alpha value is -0.0400. The van der Waals surface area contributed by atoms with Gasteiger partial charge in [-0.25, -0.2) is 0 Å². The van der Waals surface area contributed by atoms with Crippen LogP contribution in [0.2, 0.25) is 0 Å². The highest BCUT2D eigenvalue weighted by molar-refractivity contribution is 4.43. The molecule has 0 aromatic carbocycles. The van der Waals surface area contributed by atoms with E-state index in [1.807, 2.05) is 0 Å². The fraction of sp³-hybridized carbons (Fsp3) is 1.00. The van der Waals surface area contributed by atoms with Gasteiger partial charge in [0.15, 0.2) is 0 Å². The maximum absolute atomic E-state index is 8.47. The van der Waals surface area contributed by atoms with Crippen molar-refractivity contribution in [1.29, 1.82) is 0 Å². The third-order valence-corrected chi connectivity index (χ3v) is 2.26. The zero-order valence-corrected chi connectivity index (χ0v) is 10.5. The number of hydrogen-bond acceptors (Lipinski definition) is 1. The van der Waals surface area contributed by atoms with E-state index in [2.05, 4.69) is 20.8 Å². The molecule has 0 atom stereocenters. The minimum absolute atomic E-state index is 0.369. The molecule has 0 bridgehead atoms. The normalized spacial score (nSPS) is 9.43. The molecule has 0 heterocycles. The second-order valence-electron chi connectivity index (χ2n) is 3.84. The van der Waals surface area contributed by atoms with Gasteiger partial charge >= 0.3 is 0 Å². The van der Waals surface area contributed by atoms with Crippen molar-refractivity contribution in [3.05, 3.63) is 0 Å². The molecule has 0 aliphatic carbocycles. The number of rotatable bonds is 8. The molecular weight excluding hydrogens is 172 g/mol. The predicted molar refractivity (Wildman–Crippen MR) is 65.7 cm³/mol. The minimum atomic E-state index is 0.369. The first-order valence-electron chi connectivity index (χ1n) is 6.44. The van der Waals surface area contributed by atoms with Crippen LogP contribution in [0.4, 0.5) is 0 Å². The van der Waals surface area contributed by atoms with Crippen LogP contribution in [0.5, 0.6) is 0 Å². The summed E-state index contributed by atoms with van der Waals surface area (Å²) in [5, 5.41) is 8.47. The van der Waals surface area contributed by atoms with Gasteiger partial charge in [-0.1, -0.05) is 72.1 Å². The second kappa shape index (κ2) is 18.7. The van der Waals surface area contributed by atoms with Crippen molar-refractivity contribution in [2.24, 2.45) is 0 Å². The Morgan fingerprint density at radius 2 is 1.00 bits per heavy atom. The smallest absolute Gasteiger partial charge is 0.0431 e. The molecule has 0 radical (unpaired) electrons. The molecule has 0 unspecified atom stereocenters. The van der Waals surface area contributed by atoms with Crippen LogP contribution in [0, 0.1) is 0 Å². The molecule has 0 saturated carbocycles. The van der Waals surface area contributed by atoms with Crippen molar-refractivity contribution in [1.82, 2.24) is 0 Å². The lowest BCUT2D eigenvalue weighted by molar-refractivity contribution is 0.282. The van der Waals surface area contributed by atoms with E-state index in [4.69, 9.17) is 5.11 Å². The molecule has 0 rings (SSSR count). The summed E-state index contributed by atoms with van der Waals surface area (Å²) in [6.07, 6.45) is 11.6. The Morgan fingerprint density at radius 3 is 1.36 bits per heavy atom. The topological polar surface area (TPSA) is 20.2 Å². The molecule has 0 aliphatic heterocycles. The predicted octanol–water partition coefficient (Wildman–Crippen LogP) is 4.54. The van der Waals surface area contributed by atoms with E-state index >= 15 is 0 Å². The third kappa shape index (κ3) is 22.7. The summed E-state index contributed by atoms with van der Waals surface area (Å²) in [7, 11) is 0. The maximum atomic E-state index is 8.47. The Morgan fingerprint density at radius 1 is 0.571 bits per heavy atom. The van der Waals surface area contributed by atoms with Crippen LogP contribution in [0.3, 0.4) is 0 Å². The average molecular weight is 202 g/mol. The van der Waals surface area contributed by atoms with Gasteiger partial charge in [-0.3, -0.25) is 0 Å². The molecule has 0 aliphatic rings. The number of unbranched alkanes of at least 4 members (excludes halogenated alkanes) is 7. The number of aliphatic hydroxyl groups is 1. The molecule has 1 N–H and O–H groups in total. The van der Waals surface area contributed by atoms with E-state index in [-0.39, 0.29) is 0 Å². The Balaban J connectivity index is 0. The van der Waals surface area contributed by atoms with E-state index in [0.717, 1.165) is 6.42 Å². The van der Waals surface area contributed by atoms with E-state index in [1.165, 1.54) is 51.4 Å². The zero-order valence-electron chi connectivity index (χ0n) is 10.5. The summed E-state index contributed by atoms with van der Waals surface area (Å²) in [5.41, 5.74) is 0. The van der Waals surface area contributed by atoms with Crippen LogP contribution in [0.1, 0.15) is 78.6 Å². The van der Waals surface area contributed by atoms with Crippen molar-refractivity contribution in [2.45, 2.75) is 78.6 Å². The van der Waals surface area contributed by atoms with Crippen molar-refractivity contribution in [3.8, 4) is 0 Å². The summed E-state index contributed by atoms with van der Waals surface area (Å²) in [5.74, 6) is 0. The zero-order chi connectivity index (χ0) is 11.1. The number of hydrogen-bond donors (Lipinski definition) is 1. The summed E-state index contributed by atoms with van der Waals surface area (Å²) in [6.45, 7) is 6.96. The average Bonchev–Trinajstić information content (AvgIpc) is 2.24. The largest absolute Gasteiger partial charge is 0.396 e. The van der Waals surface area contributed by atoms with Gasteiger partial charge in [-0.2, -0.15) is 0 Å². The van der Waals surface area contributed by atoms with Crippen molar-refractivity contribution in [3.63, 3.8) is 0 Å². The van der Waals surface area contributed by atoms with Crippen LogP contribution < -0.4 is 0 Å². The van der Waals surface area contributed by atoms with Crippen LogP contribution in [0.15, 0.2) is 0 Å². The molecule has 0 amide bonds. The monoisotopic (exact) mass is 202 g/mol. The van der Waals surface area contributed by atoms with Gasteiger partial charge in [0, 0.05) is 6.61 Å². The van der Waals surface area contributed by atoms with Crippen molar-refractivity contribution < 1.29 is 5.11 Å². The molecule has 0 aromatic heterocycles. The molecular formula is C13H30O. The van der Waals surface area contributed by atoms with Gasteiger partial charge in [0.1, 0.15) is 0 Å². The molecule has 0 spiro atoms. The molecule has 0 saturated heterocycles. The van der Waals surface area contributed by atoms with Crippen LogP contribution in [-0.2, 0) is 0 Å². The highest BCUT2D eigenvalue weighted by Crippen LogP contribution is 2.05. The standard InChI is InChI=1S/C9H20O.C4H10/c1-2-3-4-5-6-7-8-9-10;1-3-4-2/h10H,2-9H2,1H3;3-4H2,1-2H3. The van der Waals surface area contributed by atoms with Crippen LogP contribution in [0.25, 0.3) is 0 Å². The quantitative estimate of drug-likeness (QED) is 0.573. The Bertz CT molecular complexity index is 61.6. The van der Waals surface area contributed by atoms with Gasteiger partial charge in [0.2, 0.25) is 0 Å². The highest BCUT2D eigenvalue weighted by Gasteiger charge is 1.88. The summed E-state index contributed by atoms with van der Waals surface area (Å²) in [6, 6.07) is 0. The van der Waals surface area contributed by atoms with Gasteiger partial charge in [-0.05, 0) is 6.42 Å². The van der Waals surface area contributed by atoms with Crippen LogP contribution in [-0.4, -0.2) is 11.7 Å². The maximum Gasteiger partial charge on any atom is 0.0431 e. The van der Waals surface area contributed by atoms with E-state index < -0.39 is 0 Å². The number of aliphatic hydroxyl groups excluding tert-OH is 1. The fourth-order valence-electron chi connectivity index (χ4n) is 1.07. The van der Waals surface area contributed by atoms with Crippen molar-refractivity contribution in [2.75, 3.05) is 6.61 Å². The summed E-state index contributed by atoms with van der Waals surface area (Å²) < 4.78 is 0. The van der Waals surface area contributed by atoms with Crippen molar-refractivity contribution >= 4 is 0 Å². The van der Waals surface area contributed by atoms with Gasteiger partial charge in [0.25, 0.3) is 0 Å². The first-order chi connectivity index (χ1) is 6.83. The first kappa shape index (κ1) is 16.4. The molecule has 14 heavy (non-hydrogen) atoms. The van der Waals surface area contributed by atoms with E-state index in [9.17, 15) is 0 Å². The lowest BCUT2D eigenvalue weighted by Crippen LogP contribution is -1.83.